The first-order chi connectivity index (χ1) is 15.0. The summed E-state index contributed by atoms with van der Waals surface area (Å²) in [6.45, 7) is 4.09. The van der Waals surface area contributed by atoms with Crippen LogP contribution in [0.3, 0.4) is 0 Å². The van der Waals surface area contributed by atoms with E-state index in [1.165, 1.54) is 6.07 Å². The minimum absolute atomic E-state index is 0.221. The molecule has 0 aliphatic heterocycles. The van der Waals surface area contributed by atoms with Crippen LogP contribution in [0, 0.1) is 0 Å². The van der Waals surface area contributed by atoms with Crippen molar-refractivity contribution in [1.29, 1.82) is 0 Å². The number of hydrogen-bond acceptors (Lipinski definition) is 6. The van der Waals surface area contributed by atoms with E-state index >= 15 is 0 Å². The highest BCUT2D eigenvalue weighted by atomic mass is 16.5. The third-order valence-corrected chi connectivity index (χ3v) is 4.32. The molecule has 2 aromatic carbocycles. The molecule has 1 heterocycles. The lowest BCUT2D eigenvalue weighted by Gasteiger charge is -2.11. The number of rotatable bonds is 8. The zero-order chi connectivity index (χ0) is 22.2. The zero-order valence-electron chi connectivity index (χ0n) is 17.3. The van der Waals surface area contributed by atoms with Crippen molar-refractivity contribution in [3.05, 3.63) is 76.6 Å². The predicted molar refractivity (Wildman–Crippen MR) is 116 cm³/mol. The van der Waals surface area contributed by atoms with Gasteiger partial charge in [-0.2, -0.15) is 5.10 Å². The van der Waals surface area contributed by atoms with Gasteiger partial charge in [-0.25, -0.2) is 9.48 Å². The first-order valence-electron chi connectivity index (χ1n) is 9.89. The molecular formula is C23H23N3O5. The number of ether oxygens (including phenoxy) is 2. The van der Waals surface area contributed by atoms with Crippen LogP contribution in [0.25, 0.3) is 11.3 Å². The number of carbonyl (C=O) groups excluding carboxylic acids is 2. The van der Waals surface area contributed by atoms with Gasteiger partial charge in [-0.3, -0.25) is 9.59 Å². The number of hydrogen-bond donors (Lipinski definition) is 1. The van der Waals surface area contributed by atoms with Crippen molar-refractivity contribution < 1.29 is 19.1 Å². The Hall–Kier alpha value is -3.94. The smallest absolute Gasteiger partial charge is 0.340 e. The summed E-state index contributed by atoms with van der Waals surface area (Å²) in [5, 5.41) is 6.95. The highest BCUT2D eigenvalue weighted by Crippen LogP contribution is 2.20. The van der Waals surface area contributed by atoms with E-state index < -0.39 is 17.4 Å². The van der Waals surface area contributed by atoms with Crippen LogP contribution < -0.4 is 15.6 Å². The van der Waals surface area contributed by atoms with Gasteiger partial charge in [0.25, 0.3) is 5.56 Å². The lowest BCUT2D eigenvalue weighted by Crippen LogP contribution is -2.29. The number of aromatic nitrogens is 2. The van der Waals surface area contributed by atoms with Crippen LogP contribution in [0.1, 0.15) is 24.2 Å². The van der Waals surface area contributed by atoms with Crippen LogP contribution in [-0.2, 0) is 16.1 Å². The predicted octanol–water partition coefficient (Wildman–Crippen LogP) is 3.12. The highest BCUT2D eigenvalue weighted by Gasteiger charge is 2.15. The summed E-state index contributed by atoms with van der Waals surface area (Å²) < 4.78 is 11.5. The number of nitrogens with zero attached hydrogens (tertiary/aromatic N) is 2. The molecule has 0 aliphatic carbocycles. The third kappa shape index (κ3) is 5.57. The Labute approximate surface area is 179 Å². The quantitative estimate of drug-likeness (QED) is 0.561. The van der Waals surface area contributed by atoms with E-state index in [9.17, 15) is 14.4 Å². The minimum atomic E-state index is -0.536. The van der Waals surface area contributed by atoms with E-state index in [1.807, 2.05) is 31.2 Å². The summed E-state index contributed by atoms with van der Waals surface area (Å²) in [5.41, 5.74) is 1.46. The lowest BCUT2D eigenvalue weighted by atomic mass is 10.1. The monoisotopic (exact) mass is 421 g/mol. The van der Waals surface area contributed by atoms with Gasteiger partial charge in [-0.15, -0.1) is 0 Å². The Morgan fingerprint density at radius 1 is 0.968 bits per heavy atom. The zero-order valence-corrected chi connectivity index (χ0v) is 17.3. The van der Waals surface area contributed by atoms with Crippen molar-refractivity contribution in [2.75, 3.05) is 18.5 Å². The molecule has 8 nitrogen and oxygen atoms in total. The molecule has 31 heavy (non-hydrogen) atoms. The molecule has 0 radical (unpaired) electrons. The molecular weight excluding hydrogens is 398 g/mol. The fourth-order valence-corrected chi connectivity index (χ4v) is 2.91. The van der Waals surface area contributed by atoms with Crippen LogP contribution in [0.4, 0.5) is 5.69 Å². The van der Waals surface area contributed by atoms with Crippen molar-refractivity contribution in [3.63, 3.8) is 0 Å². The van der Waals surface area contributed by atoms with Gasteiger partial charge < -0.3 is 14.8 Å². The van der Waals surface area contributed by atoms with Crippen LogP contribution >= 0.6 is 0 Å². The number of carbonyl (C=O) groups is 2. The number of amides is 1. The number of anilines is 1. The maximum absolute atomic E-state index is 12.6. The topological polar surface area (TPSA) is 99.5 Å². The summed E-state index contributed by atoms with van der Waals surface area (Å²) in [5.74, 6) is -0.291. The van der Waals surface area contributed by atoms with Gasteiger partial charge in [0.1, 0.15) is 12.3 Å². The van der Waals surface area contributed by atoms with Gasteiger partial charge in [0.15, 0.2) is 0 Å². The molecule has 0 aliphatic rings. The fraction of sp³-hybridized carbons (Fsp3) is 0.217. The second-order valence-corrected chi connectivity index (χ2v) is 6.49. The summed E-state index contributed by atoms with van der Waals surface area (Å²) >= 11 is 0. The molecule has 0 saturated heterocycles. The van der Waals surface area contributed by atoms with Gasteiger partial charge in [-0.1, -0.05) is 12.1 Å². The van der Waals surface area contributed by atoms with Crippen LogP contribution in [0.5, 0.6) is 5.75 Å². The Kier molecular flexibility index (Phi) is 7.16. The van der Waals surface area contributed by atoms with Crippen LogP contribution in [-0.4, -0.2) is 34.9 Å². The second-order valence-electron chi connectivity index (χ2n) is 6.49. The standard InChI is InChI=1S/C23H23N3O5/c1-3-30-17-11-9-16(10-12-17)19-13-14-22(28)26(25-19)15-21(27)24-20-8-6-5-7-18(20)23(29)31-4-2/h5-14H,3-4,15H2,1-2H3,(H,24,27). The van der Waals surface area contributed by atoms with Crippen molar-refractivity contribution in [3.8, 4) is 17.0 Å². The maximum Gasteiger partial charge on any atom is 0.340 e. The Morgan fingerprint density at radius 3 is 2.42 bits per heavy atom. The molecule has 3 aromatic rings. The molecule has 1 N–H and O–H groups in total. The Balaban J connectivity index is 1.77. The van der Waals surface area contributed by atoms with Gasteiger partial charge in [-0.05, 0) is 56.3 Å². The summed E-state index contributed by atoms with van der Waals surface area (Å²) in [4.78, 5) is 36.8. The minimum Gasteiger partial charge on any atom is -0.494 e. The number of benzene rings is 2. The molecule has 0 atom stereocenters. The van der Waals surface area contributed by atoms with Gasteiger partial charge in [0.05, 0.1) is 30.2 Å². The van der Waals surface area contributed by atoms with Gasteiger partial charge >= 0.3 is 5.97 Å². The van der Waals surface area contributed by atoms with Crippen molar-refractivity contribution in [2.45, 2.75) is 20.4 Å². The summed E-state index contributed by atoms with van der Waals surface area (Å²) in [6.07, 6.45) is 0. The first-order valence-corrected chi connectivity index (χ1v) is 9.89. The molecule has 1 amide bonds. The van der Waals surface area contributed by atoms with E-state index in [-0.39, 0.29) is 18.7 Å². The molecule has 160 valence electrons. The summed E-state index contributed by atoms with van der Waals surface area (Å²) in [6, 6.07) is 16.8. The number of para-hydroxylation sites is 1. The molecule has 1 aromatic heterocycles. The average Bonchev–Trinajstić information content (AvgIpc) is 2.76. The fourth-order valence-electron chi connectivity index (χ4n) is 2.91. The van der Waals surface area contributed by atoms with E-state index in [1.54, 1.807) is 37.3 Å². The summed E-state index contributed by atoms with van der Waals surface area (Å²) in [7, 11) is 0. The molecule has 0 spiro atoms. The van der Waals surface area contributed by atoms with Crippen molar-refractivity contribution in [2.24, 2.45) is 0 Å². The lowest BCUT2D eigenvalue weighted by molar-refractivity contribution is -0.117. The molecule has 0 saturated carbocycles. The Bertz CT molecular complexity index is 1120. The molecule has 0 unspecified atom stereocenters. The largest absolute Gasteiger partial charge is 0.494 e. The average molecular weight is 421 g/mol. The first kappa shape index (κ1) is 21.8. The van der Waals surface area contributed by atoms with Gasteiger partial charge in [0, 0.05) is 11.6 Å². The second kappa shape index (κ2) is 10.2. The van der Waals surface area contributed by atoms with Crippen LogP contribution in [0.2, 0.25) is 0 Å². The van der Waals surface area contributed by atoms with Crippen molar-refractivity contribution >= 4 is 17.6 Å². The SMILES string of the molecule is CCOC(=O)c1ccccc1NC(=O)Cn1nc(-c2ccc(OCC)cc2)ccc1=O. The van der Waals surface area contributed by atoms with E-state index in [0.717, 1.165) is 16.0 Å². The number of nitrogens with one attached hydrogen (secondary N) is 1. The molecule has 0 fully saturated rings. The third-order valence-electron chi connectivity index (χ3n) is 4.32. The van der Waals surface area contributed by atoms with E-state index in [0.29, 0.717) is 18.0 Å². The maximum atomic E-state index is 12.6. The Morgan fingerprint density at radius 2 is 1.71 bits per heavy atom. The molecule has 3 rings (SSSR count). The molecule has 8 heteroatoms. The van der Waals surface area contributed by atoms with Crippen LogP contribution in [0.15, 0.2) is 65.5 Å². The van der Waals surface area contributed by atoms with Gasteiger partial charge in [0.2, 0.25) is 5.91 Å². The number of esters is 1. The normalized spacial score (nSPS) is 10.4. The highest BCUT2D eigenvalue weighted by molar-refractivity contribution is 6.01. The van der Waals surface area contributed by atoms with E-state index in [4.69, 9.17) is 9.47 Å². The molecule has 0 bridgehead atoms. The van der Waals surface area contributed by atoms with Crippen molar-refractivity contribution in [1.82, 2.24) is 9.78 Å². The van der Waals surface area contributed by atoms with E-state index in [2.05, 4.69) is 10.4 Å².